The Kier molecular flexibility index (Phi) is 3.69. The van der Waals surface area contributed by atoms with Gasteiger partial charge in [-0.25, -0.2) is 4.79 Å². The van der Waals surface area contributed by atoms with Gasteiger partial charge in [0.1, 0.15) is 17.6 Å². The third-order valence-electron chi connectivity index (χ3n) is 3.72. The molecular weight excluding hydrogens is 362 g/mol. The van der Waals surface area contributed by atoms with Crippen LogP contribution in [0.4, 0.5) is 11.4 Å². The van der Waals surface area contributed by atoms with Gasteiger partial charge in [-0.05, 0) is 18.2 Å². The van der Waals surface area contributed by atoms with Gasteiger partial charge in [0.05, 0.1) is 27.9 Å². The van der Waals surface area contributed by atoms with E-state index in [0.29, 0.717) is 16.7 Å². The number of benzene rings is 2. The van der Waals surface area contributed by atoms with Crippen molar-refractivity contribution in [3.05, 3.63) is 57.1 Å². The predicted octanol–water partition coefficient (Wildman–Crippen LogP) is 2.15. The number of nitro groups is 1. The molecule has 0 aliphatic carbocycles. The molecule has 0 fully saturated rings. The lowest BCUT2D eigenvalue weighted by molar-refractivity contribution is -0.384. The van der Waals surface area contributed by atoms with Crippen LogP contribution >= 0.6 is 11.7 Å². The zero-order chi connectivity index (χ0) is 18.3. The highest BCUT2D eigenvalue weighted by Crippen LogP contribution is 2.22. The lowest BCUT2D eigenvalue weighted by atomic mass is 10.2. The molecule has 0 aliphatic heterocycles. The van der Waals surface area contributed by atoms with Crippen molar-refractivity contribution in [3.63, 3.8) is 0 Å². The van der Waals surface area contributed by atoms with Crippen LogP contribution in [0.2, 0.25) is 0 Å². The van der Waals surface area contributed by atoms with E-state index in [-0.39, 0.29) is 23.3 Å². The van der Waals surface area contributed by atoms with Crippen LogP contribution in [-0.4, -0.2) is 24.1 Å². The van der Waals surface area contributed by atoms with Crippen molar-refractivity contribution >= 4 is 51.1 Å². The van der Waals surface area contributed by atoms with Gasteiger partial charge in [0, 0.05) is 12.1 Å². The third-order valence-corrected chi connectivity index (χ3v) is 4.27. The fourth-order valence-electron chi connectivity index (χ4n) is 2.55. The minimum Gasteiger partial charge on any atom is -0.408 e. The lowest BCUT2D eigenvalue weighted by Crippen LogP contribution is -2.24. The number of nitrogens with one attached hydrogen (secondary N) is 1. The Hall–Kier alpha value is -3.60. The third kappa shape index (κ3) is 2.69. The van der Waals surface area contributed by atoms with Gasteiger partial charge >= 0.3 is 5.76 Å². The summed E-state index contributed by atoms with van der Waals surface area (Å²) < 4.78 is 14.3. The summed E-state index contributed by atoms with van der Waals surface area (Å²) in [6.45, 7) is -0.360. The summed E-state index contributed by atoms with van der Waals surface area (Å²) in [6.07, 6.45) is 0. The van der Waals surface area contributed by atoms with Crippen LogP contribution in [0.15, 0.2) is 45.6 Å². The summed E-state index contributed by atoms with van der Waals surface area (Å²) in [5.41, 5.74) is 1.80. The summed E-state index contributed by atoms with van der Waals surface area (Å²) in [4.78, 5) is 34.7. The fraction of sp³-hybridized carbons (Fsp3) is 0.0667. The van der Waals surface area contributed by atoms with E-state index in [1.165, 1.54) is 18.2 Å². The van der Waals surface area contributed by atoms with Crippen LogP contribution < -0.4 is 11.1 Å². The summed E-state index contributed by atoms with van der Waals surface area (Å²) in [7, 11) is 0. The van der Waals surface area contributed by atoms with Gasteiger partial charge < -0.3 is 9.73 Å². The molecule has 0 saturated carbocycles. The topological polar surface area (TPSA) is 133 Å². The van der Waals surface area contributed by atoms with Crippen molar-refractivity contribution < 1.29 is 14.1 Å². The van der Waals surface area contributed by atoms with Gasteiger partial charge in [0.2, 0.25) is 5.91 Å². The number of amides is 1. The summed E-state index contributed by atoms with van der Waals surface area (Å²) in [5.74, 6) is -1.27. The average molecular weight is 371 g/mol. The molecule has 26 heavy (non-hydrogen) atoms. The Balaban J connectivity index is 1.66. The number of nitrogens with zero attached hydrogens (tertiary/aromatic N) is 4. The van der Waals surface area contributed by atoms with Crippen LogP contribution in [0.3, 0.4) is 0 Å². The van der Waals surface area contributed by atoms with Crippen molar-refractivity contribution in [1.29, 1.82) is 0 Å². The molecule has 1 amide bonds. The number of carbonyl (C=O) groups excluding carboxylic acids is 1. The first-order chi connectivity index (χ1) is 12.5. The molecule has 0 atom stereocenters. The molecule has 0 unspecified atom stereocenters. The minimum absolute atomic E-state index is 0.166. The molecule has 2 aromatic carbocycles. The van der Waals surface area contributed by atoms with Gasteiger partial charge in [0.15, 0.2) is 5.58 Å². The molecule has 4 rings (SSSR count). The Morgan fingerprint density at radius 1 is 1.31 bits per heavy atom. The first-order valence-electron chi connectivity index (χ1n) is 7.32. The molecule has 2 heterocycles. The van der Waals surface area contributed by atoms with E-state index in [2.05, 4.69) is 14.1 Å². The summed E-state index contributed by atoms with van der Waals surface area (Å²) >= 11 is 1.02. The minimum atomic E-state index is -0.774. The molecule has 0 spiro atoms. The molecule has 0 aliphatic rings. The monoisotopic (exact) mass is 371 g/mol. The molecular formula is C15H9N5O5S. The first-order valence-corrected chi connectivity index (χ1v) is 8.05. The van der Waals surface area contributed by atoms with Gasteiger partial charge in [-0.15, -0.1) is 0 Å². The number of fused-ring (bicyclic) bond motifs is 2. The number of rotatable bonds is 4. The van der Waals surface area contributed by atoms with Gasteiger partial charge in [0.25, 0.3) is 5.69 Å². The second-order valence-electron chi connectivity index (χ2n) is 5.35. The van der Waals surface area contributed by atoms with E-state index in [0.717, 1.165) is 16.3 Å². The van der Waals surface area contributed by atoms with Crippen LogP contribution in [0.5, 0.6) is 0 Å². The highest BCUT2D eigenvalue weighted by molar-refractivity contribution is 7.00. The fourth-order valence-corrected chi connectivity index (χ4v) is 3.10. The van der Waals surface area contributed by atoms with Crippen molar-refractivity contribution in [2.24, 2.45) is 0 Å². The number of nitro benzene ring substituents is 1. The van der Waals surface area contributed by atoms with E-state index in [4.69, 9.17) is 4.42 Å². The Labute approximate surface area is 148 Å². The normalized spacial score (nSPS) is 11.1. The molecule has 0 bridgehead atoms. The van der Waals surface area contributed by atoms with Gasteiger partial charge in [-0.2, -0.15) is 8.75 Å². The van der Waals surface area contributed by atoms with Crippen LogP contribution in [0, 0.1) is 10.1 Å². The molecule has 10 nitrogen and oxygen atoms in total. The molecule has 0 saturated heterocycles. The summed E-state index contributed by atoms with van der Waals surface area (Å²) in [5, 5.41) is 13.6. The van der Waals surface area contributed by atoms with Crippen LogP contribution in [0.1, 0.15) is 0 Å². The number of anilines is 1. The van der Waals surface area contributed by atoms with E-state index in [1.807, 2.05) is 0 Å². The smallest absolute Gasteiger partial charge is 0.408 e. The van der Waals surface area contributed by atoms with Crippen molar-refractivity contribution in [2.45, 2.75) is 6.54 Å². The van der Waals surface area contributed by atoms with Crippen LogP contribution in [-0.2, 0) is 11.3 Å². The molecule has 1 N–H and O–H groups in total. The molecule has 2 aromatic heterocycles. The quantitative estimate of drug-likeness (QED) is 0.429. The van der Waals surface area contributed by atoms with E-state index >= 15 is 0 Å². The number of hydrogen-bond acceptors (Lipinski definition) is 8. The highest BCUT2D eigenvalue weighted by Gasteiger charge is 2.17. The maximum atomic E-state index is 12.4. The lowest BCUT2D eigenvalue weighted by Gasteiger charge is -2.06. The number of non-ortho nitro benzene ring substituents is 1. The van der Waals surface area contributed by atoms with Gasteiger partial charge in [-0.1, -0.05) is 6.07 Å². The van der Waals surface area contributed by atoms with E-state index in [9.17, 15) is 19.7 Å². The SMILES string of the molecule is O=C(Cn1c(=O)oc2ccc([N+](=O)[O-])cc21)Nc1cccc2nsnc12. The van der Waals surface area contributed by atoms with Crippen molar-refractivity contribution in [1.82, 2.24) is 13.3 Å². The van der Waals surface area contributed by atoms with E-state index < -0.39 is 16.6 Å². The average Bonchev–Trinajstić information content (AvgIpc) is 3.20. The molecule has 4 aromatic rings. The number of oxazole rings is 1. The maximum Gasteiger partial charge on any atom is 0.420 e. The van der Waals surface area contributed by atoms with Crippen LogP contribution in [0.25, 0.3) is 22.1 Å². The highest BCUT2D eigenvalue weighted by atomic mass is 32.1. The molecule has 130 valence electrons. The maximum absolute atomic E-state index is 12.4. The zero-order valence-electron chi connectivity index (χ0n) is 12.9. The van der Waals surface area contributed by atoms with Gasteiger partial charge in [-0.3, -0.25) is 19.5 Å². The molecule has 11 heteroatoms. The van der Waals surface area contributed by atoms with Crippen molar-refractivity contribution in [2.75, 3.05) is 5.32 Å². The molecule has 0 radical (unpaired) electrons. The first kappa shape index (κ1) is 15.9. The standard InChI is InChI=1S/C15H9N5O5S/c21-13(16-9-2-1-3-10-14(9)18-26-17-10)7-19-11-6-8(20(23)24)4-5-12(11)25-15(19)22/h1-6H,7H2,(H,16,21). The summed E-state index contributed by atoms with van der Waals surface area (Å²) in [6, 6.07) is 8.90. The number of carbonyl (C=O) groups is 1. The predicted molar refractivity (Wildman–Crippen MR) is 93.2 cm³/mol. The Bertz CT molecular complexity index is 1220. The second-order valence-corrected chi connectivity index (χ2v) is 5.88. The second kappa shape index (κ2) is 6.04. The van der Waals surface area contributed by atoms with Crippen molar-refractivity contribution in [3.8, 4) is 0 Å². The number of aromatic nitrogens is 3. The Morgan fingerprint density at radius 2 is 2.15 bits per heavy atom. The largest absolute Gasteiger partial charge is 0.420 e. The zero-order valence-corrected chi connectivity index (χ0v) is 13.7. The number of hydrogen-bond donors (Lipinski definition) is 1. The Morgan fingerprint density at radius 3 is 2.96 bits per heavy atom. The van der Waals surface area contributed by atoms with E-state index in [1.54, 1.807) is 18.2 Å².